The van der Waals surface area contributed by atoms with Gasteiger partial charge in [-0.25, -0.2) is 0 Å². The molecule has 1 aromatic heterocycles. The highest BCUT2D eigenvalue weighted by atomic mass is 127. The fraction of sp³-hybridized carbons (Fsp3) is 0.0833. The summed E-state index contributed by atoms with van der Waals surface area (Å²) in [4.78, 5) is 15.1. The van der Waals surface area contributed by atoms with Crippen LogP contribution in [-0.4, -0.2) is 36.5 Å². The lowest BCUT2D eigenvalue weighted by molar-refractivity contribution is -0.322. The number of hydrogen-bond acceptors (Lipinski definition) is 6. The fourth-order valence-corrected chi connectivity index (χ4v) is 12.9. The molecule has 16 heteroatoms. The molecule has 0 atom stereocenters. The van der Waals surface area contributed by atoms with Crippen LogP contribution in [0.4, 0.5) is 13.2 Å². The maximum atomic E-state index is 12.2. The molecule has 1 N–H and O–H groups in total. The van der Waals surface area contributed by atoms with E-state index in [4.69, 9.17) is 5.11 Å². The van der Waals surface area contributed by atoms with Gasteiger partial charge in [-0.05, 0) is 167 Å². The topological polar surface area (TPSA) is 130 Å². The number of carboxylic acid groups (broad SMARTS) is 1. The first kappa shape index (κ1) is 50.9. The monoisotopic (exact) mass is 1260 g/mol. The minimum Gasteiger partial charge on any atom is -0.858 e. The number of halogens is 6. The summed E-state index contributed by atoms with van der Waals surface area (Å²) in [6.45, 7) is 2.31. The van der Waals surface area contributed by atoms with E-state index in [2.05, 4.69) is 174 Å². The van der Waals surface area contributed by atoms with Crippen LogP contribution in [0.3, 0.4) is 0 Å². The zero-order valence-electron chi connectivity index (χ0n) is 33.7. The molecule has 7 nitrogen and oxygen atoms in total. The van der Waals surface area contributed by atoms with Crippen molar-refractivity contribution in [2.75, 3.05) is 0 Å². The van der Waals surface area contributed by atoms with Gasteiger partial charge in [-0.15, -0.1) is 0 Å². The number of benzene rings is 7. The maximum Gasteiger partial charge on any atom is 0.518 e. The van der Waals surface area contributed by atoms with Gasteiger partial charge < -0.3 is 20.1 Å². The van der Waals surface area contributed by atoms with Crippen LogP contribution in [0.1, 0.15) is 19.4 Å². The third-order valence-corrected chi connectivity index (χ3v) is 18.2. The molecule has 7 aromatic carbocycles. The summed E-state index contributed by atoms with van der Waals surface area (Å²) in [5, 5.41) is 32.5. The highest BCUT2D eigenvalue weighted by Crippen LogP contribution is 2.48. The Hall–Kier alpha value is -4.06. The normalized spacial score (nSPS) is 11.8. The summed E-state index contributed by atoms with van der Waals surface area (Å²) in [6, 6.07) is 63.7. The Morgan fingerprint density at radius 1 is 0.594 bits per heavy atom. The second-order valence-corrected chi connectivity index (χ2v) is 22.7. The van der Waals surface area contributed by atoms with Crippen molar-refractivity contribution < 1.29 is 41.7 Å². The van der Waals surface area contributed by atoms with Crippen molar-refractivity contribution in [2.24, 2.45) is 4.40 Å². The van der Waals surface area contributed by atoms with Crippen molar-refractivity contribution in [3.05, 3.63) is 198 Å². The molecule has 8 aromatic rings. The van der Waals surface area contributed by atoms with Crippen LogP contribution in [-0.2, 0) is 25.7 Å². The van der Waals surface area contributed by atoms with Gasteiger partial charge in [-0.1, -0.05) is 97.1 Å². The number of sulfonamides is 1. The zero-order chi connectivity index (χ0) is 46.7. The highest BCUT2D eigenvalue weighted by Gasteiger charge is 2.46. The molecule has 0 aliphatic heterocycles. The van der Waals surface area contributed by atoms with E-state index in [0.717, 1.165) is 13.8 Å². The van der Waals surface area contributed by atoms with Crippen LogP contribution in [0.25, 0.3) is 25.1 Å². The molecule has 0 radical (unpaired) electrons. The average molecular weight is 1260 g/mol. The molecule has 0 unspecified atom stereocenters. The molecular formula is C48H37F3I3NO6S3. The van der Waals surface area contributed by atoms with Crippen molar-refractivity contribution in [2.45, 2.75) is 39.6 Å². The Bertz CT molecular complexity index is 2810. The van der Waals surface area contributed by atoms with Gasteiger partial charge in [0, 0.05) is 43.4 Å². The Morgan fingerprint density at radius 3 is 1.31 bits per heavy atom. The van der Waals surface area contributed by atoms with Crippen molar-refractivity contribution in [3.63, 3.8) is 0 Å². The second-order valence-electron chi connectivity index (χ2n) is 13.7. The molecule has 330 valence electrons. The smallest absolute Gasteiger partial charge is 0.518 e. The fourth-order valence-electron chi connectivity index (χ4n) is 5.67. The van der Waals surface area contributed by atoms with Crippen LogP contribution in [0.15, 0.2) is 201 Å². The zero-order valence-corrected chi connectivity index (χ0v) is 42.7. The lowest BCUT2D eigenvalue weighted by atomic mass is 10.1. The Kier molecular flexibility index (Phi) is 18.2. The number of aliphatic hydroxyl groups is 1. The van der Waals surface area contributed by atoms with Crippen LogP contribution >= 0.6 is 78.2 Å². The van der Waals surface area contributed by atoms with E-state index < -0.39 is 33.0 Å². The SMILES string of the molecule is CC(C)(O)C(=O)[O-].O=S(=O)(N=C([O-])c1c(I)ccc(I)c1I)C(F)(F)F.c1ccc(-[s+]2c3ccccc3c3ccccc32)cc1.c1ccc([S+](c2ccccc2)c2ccccc2)cc1. The number of hydrogen-bond donors (Lipinski definition) is 1. The summed E-state index contributed by atoms with van der Waals surface area (Å²) < 4.78 is 64.6. The lowest BCUT2D eigenvalue weighted by Crippen LogP contribution is -2.43. The molecule has 1 heterocycles. The van der Waals surface area contributed by atoms with E-state index >= 15 is 0 Å². The molecule has 0 saturated carbocycles. The van der Waals surface area contributed by atoms with E-state index in [9.17, 15) is 36.6 Å². The largest absolute Gasteiger partial charge is 0.858 e. The Balaban J connectivity index is 0.000000168. The van der Waals surface area contributed by atoms with Crippen molar-refractivity contribution in [1.82, 2.24) is 0 Å². The minimum atomic E-state index is -5.83. The number of carboxylic acids is 1. The van der Waals surface area contributed by atoms with Gasteiger partial charge in [0.15, 0.2) is 29.0 Å². The van der Waals surface area contributed by atoms with Crippen molar-refractivity contribution in [3.8, 4) is 4.90 Å². The van der Waals surface area contributed by atoms with Gasteiger partial charge in [0.05, 0.1) is 22.5 Å². The van der Waals surface area contributed by atoms with Crippen molar-refractivity contribution in [1.29, 1.82) is 0 Å². The molecule has 8 rings (SSSR count). The predicted molar refractivity (Wildman–Crippen MR) is 274 cm³/mol. The van der Waals surface area contributed by atoms with Crippen molar-refractivity contribution >= 4 is 131 Å². The Morgan fingerprint density at radius 2 is 0.938 bits per heavy atom. The molecule has 0 amide bonds. The third kappa shape index (κ3) is 13.3. The van der Waals surface area contributed by atoms with E-state index in [1.807, 2.05) is 22.6 Å². The minimum absolute atomic E-state index is 0.0146. The van der Waals surface area contributed by atoms with E-state index in [0.29, 0.717) is 10.7 Å². The number of fused-ring (bicyclic) bond motifs is 3. The summed E-state index contributed by atoms with van der Waals surface area (Å²) >= 11 is 5.35. The number of rotatable bonds is 7. The van der Waals surface area contributed by atoms with Gasteiger partial charge in [-0.2, -0.15) is 26.0 Å². The highest BCUT2D eigenvalue weighted by molar-refractivity contribution is 14.1. The lowest BCUT2D eigenvalue weighted by Gasteiger charge is -2.16. The summed E-state index contributed by atoms with van der Waals surface area (Å²) in [7, 11) is -5.78. The van der Waals surface area contributed by atoms with Gasteiger partial charge >= 0.3 is 15.5 Å². The van der Waals surface area contributed by atoms with E-state index in [-0.39, 0.29) is 26.9 Å². The van der Waals surface area contributed by atoms with Gasteiger partial charge in [0.1, 0.15) is 0 Å². The number of alkyl halides is 3. The van der Waals surface area contributed by atoms with Crippen LogP contribution < -0.4 is 10.2 Å². The van der Waals surface area contributed by atoms with Gasteiger partial charge in [-0.3, -0.25) is 0 Å². The first-order valence-electron chi connectivity index (χ1n) is 18.8. The van der Waals surface area contributed by atoms with E-state index in [1.54, 1.807) is 51.2 Å². The first-order chi connectivity index (χ1) is 30.3. The number of carbonyl (C=O) groups is 1. The second kappa shape index (κ2) is 22.9. The Labute approximate surface area is 415 Å². The molecule has 0 spiro atoms. The van der Waals surface area contributed by atoms with E-state index in [1.165, 1.54) is 45.8 Å². The standard InChI is InChI=1S/C18H13S.C18H15S.C8H3F3I3NO3S.C4H8O3/c1-2-8-14(9-3-1)19-17-12-6-4-10-15(17)16-11-5-7-13-18(16)19;1-4-10-16(11-5-1)19(17-12-6-2-7-13-17)18-14-8-3-9-15-18;9-8(10,11)19(17,18)15-7(16)5-3(12)1-2-4(13)6(5)14;1-4(2,7)3(5)6/h1-13H;1-15H;1-2H,(H,15,16);7H,1-2H3,(H,5,6)/q2*+1;;/p-2. The first-order valence-corrected chi connectivity index (χ1v) is 26.0. The summed E-state index contributed by atoms with van der Waals surface area (Å²) in [6.07, 6.45) is 0. The van der Waals surface area contributed by atoms with Gasteiger partial charge in [0.25, 0.3) is 0 Å². The number of aliphatic carboxylic acids is 1. The third-order valence-electron chi connectivity index (χ3n) is 8.67. The number of carbonyl (C=O) groups excluding carboxylic acids is 1. The molecule has 64 heavy (non-hydrogen) atoms. The molecule has 0 aliphatic carbocycles. The van der Waals surface area contributed by atoms with Crippen LogP contribution in [0, 0.1) is 10.7 Å². The van der Waals surface area contributed by atoms with Crippen LogP contribution in [0.5, 0.6) is 0 Å². The van der Waals surface area contributed by atoms with Gasteiger partial charge in [0.2, 0.25) is 0 Å². The predicted octanol–water partition coefficient (Wildman–Crippen LogP) is 11.5. The number of thiophene rings is 1. The molecule has 0 bridgehead atoms. The molecule has 0 fully saturated rings. The quantitative estimate of drug-likeness (QED) is 0.0556. The average Bonchev–Trinajstić information content (AvgIpc) is 3.61. The molecule has 0 saturated heterocycles. The maximum absolute atomic E-state index is 12.2. The molecule has 0 aliphatic rings. The molecular weight excluding hydrogens is 1220 g/mol. The van der Waals surface area contributed by atoms with Crippen LogP contribution in [0.2, 0.25) is 0 Å². The summed E-state index contributed by atoms with van der Waals surface area (Å²) in [5.74, 6) is -2.88. The summed E-state index contributed by atoms with van der Waals surface area (Å²) in [5.41, 5.74) is -7.43. The number of nitrogens with zero attached hydrogens (tertiary/aromatic N) is 1.